The van der Waals surface area contributed by atoms with Gasteiger partial charge >= 0.3 is 0 Å². The normalized spacial score (nSPS) is 11.9. The largest absolute Gasteiger partial charge is 0.0990 e. The molecule has 0 aliphatic rings. The van der Waals surface area contributed by atoms with E-state index in [2.05, 4.69) is 79.9 Å². The number of benzene rings is 4. The van der Waals surface area contributed by atoms with Gasteiger partial charge in [-0.05, 0) is 49.5 Å². The molecule has 0 bridgehead atoms. The third-order valence-corrected chi connectivity index (χ3v) is 4.59. The summed E-state index contributed by atoms with van der Waals surface area (Å²) in [6, 6.07) is 24.0. The lowest BCUT2D eigenvalue weighted by molar-refractivity contribution is 1.68. The maximum Gasteiger partial charge on any atom is -0.00987 e. The molecule has 0 atom stereocenters. The van der Waals surface area contributed by atoms with E-state index in [0.29, 0.717) is 0 Å². The Morgan fingerprint density at radius 3 is 2.08 bits per heavy atom. The van der Waals surface area contributed by atoms with Crippen molar-refractivity contribution < 1.29 is 0 Å². The van der Waals surface area contributed by atoms with Gasteiger partial charge in [-0.1, -0.05) is 92.0 Å². The van der Waals surface area contributed by atoms with Crippen molar-refractivity contribution in [2.24, 2.45) is 0 Å². The van der Waals surface area contributed by atoms with Crippen LogP contribution >= 0.6 is 0 Å². The van der Waals surface area contributed by atoms with Crippen LogP contribution in [0.3, 0.4) is 0 Å². The molecule has 0 spiro atoms. The molecular weight excluding hydrogens is 288 g/mol. The van der Waals surface area contributed by atoms with E-state index >= 15 is 0 Å². The van der Waals surface area contributed by atoms with Gasteiger partial charge in [-0.25, -0.2) is 0 Å². The molecule has 0 aromatic heterocycles. The molecule has 0 saturated heterocycles. The Kier molecular flexibility index (Phi) is 3.51. The van der Waals surface area contributed by atoms with Gasteiger partial charge in [-0.2, -0.15) is 0 Å². The summed E-state index contributed by atoms with van der Waals surface area (Å²) in [6.45, 7) is 7.72. The highest BCUT2D eigenvalue weighted by Gasteiger charge is 2.06. The van der Waals surface area contributed by atoms with Gasteiger partial charge in [0.15, 0.2) is 0 Å². The fraction of sp³-hybridized carbons (Fsp3) is 0. The Bertz CT molecular complexity index is 1130. The number of rotatable bonds is 3. The molecule has 0 unspecified atom stereocenters. The van der Waals surface area contributed by atoms with Crippen LogP contribution in [0.4, 0.5) is 0 Å². The Balaban J connectivity index is 2.09. The Labute approximate surface area is 142 Å². The van der Waals surface area contributed by atoms with E-state index in [-0.39, 0.29) is 0 Å². The highest BCUT2D eigenvalue weighted by Crippen LogP contribution is 2.32. The van der Waals surface area contributed by atoms with Gasteiger partial charge in [0, 0.05) is 0 Å². The molecule has 0 fully saturated rings. The molecule has 0 nitrogen and oxygen atoms in total. The van der Waals surface area contributed by atoms with Gasteiger partial charge < -0.3 is 0 Å². The Morgan fingerprint density at radius 2 is 1.33 bits per heavy atom. The first kappa shape index (κ1) is 14.5. The van der Waals surface area contributed by atoms with Gasteiger partial charge in [-0.3, -0.25) is 0 Å². The highest BCUT2D eigenvalue weighted by molar-refractivity contribution is 6.17. The monoisotopic (exact) mass is 306 g/mol. The predicted molar refractivity (Wildman–Crippen MR) is 107 cm³/mol. The molecule has 0 N–H and O–H groups in total. The van der Waals surface area contributed by atoms with Crippen LogP contribution in [0.25, 0.3) is 37.9 Å². The zero-order valence-corrected chi connectivity index (χ0v) is 13.5. The maximum absolute atomic E-state index is 3.92. The predicted octanol–water partition coefficient (Wildman–Crippen LogP) is 6.90. The fourth-order valence-electron chi connectivity index (χ4n) is 3.41. The van der Waals surface area contributed by atoms with E-state index in [1.165, 1.54) is 32.3 Å². The minimum absolute atomic E-state index is 1.09. The lowest BCUT2D eigenvalue weighted by Crippen LogP contribution is -1.84. The van der Waals surface area contributed by atoms with Crippen LogP contribution in [-0.2, 0) is 0 Å². The Morgan fingerprint density at radius 1 is 0.667 bits per heavy atom. The molecule has 114 valence electrons. The molecule has 0 radical (unpaired) electrons. The molecule has 0 aliphatic carbocycles. The van der Waals surface area contributed by atoms with E-state index in [4.69, 9.17) is 0 Å². The second-order valence-corrected chi connectivity index (χ2v) is 5.95. The Hall–Kier alpha value is -3.12. The number of hydrogen-bond donors (Lipinski definition) is 0. The van der Waals surface area contributed by atoms with Crippen LogP contribution in [0.2, 0.25) is 0 Å². The van der Waals surface area contributed by atoms with Crippen LogP contribution in [0.15, 0.2) is 98.1 Å². The molecule has 4 rings (SSSR count). The van der Waals surface area contributed by atoms with E-state index in [1.54, 1.807) is 6.08 Å². The van der Waals surface area contributed by atoms with Gasteiger partial charge in [0.2, 0.25) is 0 Å². The quantitative estimate of drug-likeness (QED) is 0.285. The van der Waals surface area contributed by atoms with Crippen molar-refractivity contribution in [1.82, 2.24) is 0 Å². The van der Waals surface area contributed by atoms with Crippen LogP contribution in [-0.4, -0.2) is 0 Å². The third kappa shape index (κ3) is 2.24. The summed E-state index contributed by atoms with van der Waals surface area (Å²) in [4.78, 5) is 0. The topological polar surface area (TPSA) is 0 Å². The van der Waals surface area contributed by atoms with Crippen molar-refractivity contribution >= 4 is 37.9 Å². The minimum atomic E-state index is 1.09. The molecule has 0 amide bonds. The first-order valence-electron chi connectivity index (χ1n) is 8.11. The van der Waals surface area contributed by atoms with Crippen molar-refractivity contribution in [3.8, 4) is 0 Å². The first-order valence-corrected chi connectivity index (χ1v) is 8.11. The van der Waals surface area contributed by atoms with Gasteiger partial charge in [-0.15, -0.1) is 0 Å². The molecule has 0 aliphatic heterocycles. The van der Waals surface area contributed by atoms with E-state index < -0.39 is 0 Å². The molecule has 4 aromatic carbocycles. The van der Waals surface area contributed by atoms with Gasteiger partial charge in [0.25, 0.3) is 0 Å². The summed E-state index contributed by atoms with van der Waals surface area (Å²) >= 11 is 0. The van der Waals surface area contributed by atoms with Crippen LogP contribution in [0.1, 0.15) is 5.56 Å². The standard InChI is InChI=1S/C24H18/c1-3-7-17(4-2)20-11-10-19-13-14-22-21-9-6-5-8-18(21)12-15-23(22)24(19)16-20/h3-16H,1-2H2/b17-7+. The zero-order valence-electron chi connectivity index (χ0n) is 13.5. The van der Waals surface area contributed by atoms with Crippen LogP contribution in [0.5, 0.6) is 0 Å². The first-order chi connectivity index (χ1) is 11.8. The average Bonchev–Trinajstić information content (AvgIpc) is 2.65. The molecule has 4 aromatic rings. The lowest BCUT2D eigenvalue weighted by Gasteiger charge is -2.10. The van der Waals surface area contributed by atoms with Gasteiger partial charge in [0.05, 0.1) is 0 Å². The summed E-state index contributed by atoms with van der Waals surface area (Å²) in [5.74, 6) is 0. The second-order valence-electron chi connectivity index (χ2n) is 5.95. The summed E-state index contributed by atoms with van der Waals surface area (Å²) in [5.41, 5.74) is 2.25. The number of allylic oxidation sites excluding steroid dienone is 4. The van der Waals surface area contributed by atoms with Crippen molar-refractivity contribution in [2.75, 3.05) is 0 Å². The zero-order chi connectivity index (χ0) is 16.5. The lowest BCUT2D eigenvalue weighted by atomic mass is 9.94. The third-order valence-electron chi connectivity index (χ3n) is 4.59. The summed E-state index contributed by atoms with van der Waals surface area (Å²) in [6.07, 6.45) is 5.68. The van der Waals surface area contributed by atoms with E-state index in [0.717, 1.165) is 11.1 Å². The molecule has 0 saturated carbocycles. The van der Waals surface area contributed by atoms with Gasteiger partial charge in [0.1, 0.15) is 0 Å². The number of hydrogen-bond acceptors (Lipinski definition) is 0. The van der Waals surface area contributed by atoms with E-state index in [1.807, 2.05) is 12.2 Å². The van der Waals surface area contributed by atoms with E-state index in [9.17, 15) is 0 Å². The second kappa shape index (κ2) is 5.82. The molecule has 0 heterocycles. The van der Waals surface area contributed by atoms with Crippen molar-refractivity contribution in [3.63, 3.8) is 0 Å². The summed E-state index contributed by atoms with van der Waals surface area (Å²) in [7, 11) is 0. The molecule has 0 heteroatoms. The van der Waals surface area contributed by atoms with Crippen molar-refractivity contribution in [3.05, 3.63) is 104 Å². The van der Waals surface area contributed by atoms with Crippen LogP contribution < -0.4 is 0 Å². The van der Waals surface area contributed by atoms with Crippen molar-refractivity contribution in [1.29, 1.82) is 0 Å². The number of fused-ring (bicyclic) bond motifs is 5. The molecular formula is C24H18. The smallest absolute Gasteiger partial charge is 0.00987 e. The summed E-state index contributed by atoms with van der Waals surface area (Å²) < 4.78 is 0. The fourth-order valence-corrected chi connectivity index (χ4v) is 3.41. The highest BCUT2D eigenvalue weighted by atomic mass is 14.1. The summed E-state index contributed by atoms with van der Waals surface area (Å²) in [5, 5.41) is 7.68. The minimum Gasteiger partial charge on any atom is -0.0990 e. The van der Waals surface area contributed by atoms with Crippen LogP contribution in [0, 0.1) is 0 Å². The average molecular weight is 306 g/mol. The van der Waals surface area contributed by atoms with Crippen molar-refractivity contribution in [2.45, 2.75) is 0 Å². The molecule has 24 heavy (non-hydrogen) atoms. The SMILES string of the molecule is C=C/C=C(\C=C)c1ccc2ccc3c4ccccc4ccc3c2c1. The maximum atomic E-state index is 3.92.